The number of aryl methyl sites for hydroxylation is 1. The number of likely N-dealkylation sites (N-methyl/N-ethyl adjacent to an activating group) is 1. The number of hydrogen-bond acceptors (Lipinski definition) is 19. The van der Waals surface area contributed by atoms with Crippen molar-refractivity contribution in [1.29, 1.82) is 0 Å². The van der Waals surface area contributed by atoms with Gasteiger partial charge in [0, 0.05) is 78.2 Å². The van der Waals surface area contributed by atoms with Crippen LogP contribution in [0.1, 0.15) is 126 Å². The Balaban J connectivity index is 1.13. The number of nitrogens with one attached hydrogen (secondary N) is 4. The number of alkyl carbamates (subject to hydrolysis) is 1. The Morgan fingerprint density at radius 3 is 2.29 bits per heavy atom. The van der Waals surface area contributed by atoms with Crippen LogP contribution in [0.25, 0.3) is 0 Å². The SMILES string of the molecule is CO[C@@H]1/C=C/C=C(\C)Cc2cc(C)c(Cl)c(c2)N(C)C(=O)C[C@H](OC(=O)[C@H](C)N(C)C(=O)c2ccc(CC(=O)[C@H](CCCNC(N)=O)NC(=O)[C@@H](CC(=S)NCCOCCOCCC(=O)ON3C(=O)CCC3=O)C(C)C)cc2C(F)(F)F)[C@]2(C)O[C@H]2[C@H](C)[C@@H]2C[C@@]1(O)NC(=O)O2. The number of primary amides is 1. The zero-order valence-electron chi connectivity index (χ0n) is 55.4. The fourth-order valence-corrected chi connectivity index (χ4v) is 11.9. The minimum Gasteiger partial charge on any atom is -0.457 e. The van der Waals surface area contributed by atoms with Crippen LogP contribution in [0.4, 0.5) is 28.4 Å². The summed E-state index contributed by atoms with van der Waals surface area (Å²) < 4.78 is 80.2. The largest absolute Gasteiger partial charge is 0.457 e. The number of allylic oxidation sites excluding steroid dienone is 3. The van der Waals surface area contributed by atoms with E-state index >= 15 is 13.2 Å². The zero-order valence-corrected chi connectivity index (χ0v) is 56.9. The van der Waals surface area contributed by atoms with Gasteiger partial charge in [-0.25, -0.2) is 19.2 Å². The molecule has 2 aromatic carbocycles. The molecule has 8 amide bonds. The summed E-state index contributed by atoms with van der Waals surface area (Å²) in [5, 5.41) is 23.2. The molecule has 4 bridgehead atoms. The molecule has 0 radical (unpaired) electrons. The Bertz CT molecular complexity index is 3300. The maximum absolute atomic E-state index is 15.2. The van der Waals surface area contributed by atoms with Crippen molar-refractivity contribution in [3.8, 4) is 0 Å². The van der Waals surface area contributed by atoms with Crippen LogP contribution in [0.15, 0.2) is 54.1 Å². The third-order valence-corrected chi connectivity index (χ3v) is 18.1. The van der Waals surface area contributed by atoms with Crippen LogP contribution in [-0.4, -0.2) is 188 Å². The number of esters is 1. The van der Waals surface area contributed by atoms with E-state index < -0.39 is 149 Å². The molecule has 0 spiro atoms. The van der Waals surface area contributed by atoms with Crippen LogP contribution in [0, 0.1) is 24.7 Å². The Morgan fingerprint density at radius 1 is 0.969 bits per heavy atom. The maximum atomic E-state index is 15.2. The number of halogens is 4. The number of ether oxygens (including phenoxy) is 6. The quantitative estimate of drug-likeness (QED) is 0.0202. The van der Waals surface area contributed by atoms with Gasteiger partial charge in [-0.1, -0.05) is 80.5 Å². The van der Waals surface area contributed by atoms with Crippen molar-refractivity contribution < 1.29 is 99.5 Å². The standard InChI is InChI=1S/C65H86ClF3N8O18S/c1-35(2)43(32-51(96)71-22-24-91-26-25-90-23-20-55(82)95-77-52(79)18-19-53(77)80)58(83)73-45(14-12-21-72-61(70)86)47(78)31-40-16-17-42(44(29-40)65(67,68)69)59(84)75(8)39(6)60(85)93-50-33-54(81)76(9)46-30-41(28-37(4)56(46)66)27-36(3)13-11-15-49(89-10)64(88)34-48(92-62(87)74-64)38(5)57-63(50,7)94-57/h11,13,15-17,28-30,35,38-39,43,45,48-50,57,88H,12,14,18-27,31-34H2,1-10H3,(H,71,96)(H,73,83)(H,74,87)(H3,70,72,86)/b15-11+,36-13+/t38-,39+,43+,45+,48+,49-,50+,57+,63+,64+/m1/s1. The first-order valence-corrected chi connectivity index (χ1v) is 32.2. The van der Waals surface area contributed by atoms with Crippen molar-refractivity contribution in [3.63, 3.8) is 0 Å². The number of anilines is 1. The van der Waals surface area contributed by atoms with Crippen LogP contribution in [0.5, 0.6) is 0 Å². The number of methoxy groups -OCH3 is 1. The highest BCUT2D eigenvalue weighted by molar-refractivity contribution is 7.80. The highest BCUT2D eigenvalue weighted by Gasteiger charge is 2.64. The average molecular weight is 1390 g/mol. The van der Waals surface area contributed by atoms with Gasteiger partial charge in [-0.15, -0.1) is 5.06 Å². The van der Waals surface area contributed by atoms with Gasteiger partial charge in [-0.3, -0.25) is 34.1 Å². The van der Waals surface area contributed by atoms with Gasteiger partial charge >= 0.3 is 30.2 Å². The topological polar surface area (TPSA) is 343 Å². The summed E-state index contributed by atoms with van der Waals surface area (Å²) in [7, 11) is 3.94. The van der Waals surface area contributed by atoms with E-state index in [1.54, 1.807) is 52.8 Å². The van der Waals surface area contributed by atoms with Gasteiger partial charge in [0.15, 0.2) is 11.5 Å². The second-order valence-electron chi connectivity index (χ2n) is 24.9. The number of hydroxylamine groups is 2. The average Bonchev–Trinajstić information content (AvgIpc) is 1.57. The number of fused-ring (bicyclic) bond motifs is 5. The number of carbonyl (C=O) groups excluding carboxylic acids is 10. The molecule has 26 nitrogen and oxygen atoms in total. The molecule has 7 N–H and O–H groups in total. The Morgan fingerprint density at radius 2 is 1.65 bits per heavy atom. The number of alkyl halides is 3. The summed E-state index contributed by atoms with van der Waals surface area (Å²) in [4.78, 5) is 138. The Kier molecular flexibility index (Phi) is 27.5. The molecule has 96 heavy (non-hydrogen) atoms. The molecule has 2 aromatic rings. The number of rotatable bonds is 27. The number of nitrogens with two attached hydrogens (primary N) is 1. The normalized spacial score (nSPS) is 24.0. The highest BCUT2D eigenvalue weighted by atomic mass is 35.5. The number of hydrogen-bond donors (Lipinski definition) is 6. The molecule has 31 heteroatoms. The molecule has 0 saturated carbocycles. The first kappa shape index (κ1) is 77.4. The van der Waals surface area contributed by atoms with Crippen molar-refractivity contribution in [1.82, 2.24) is 31.2 Å². The van der Waals surface area contributed by atoms with Gasteiger partial charge < -0.3 is 69.8 Å². The van der Waals surface area contributed by atoms with E-state index in [2.05, 4.69) is 21.3 Å². The molecule has 10 atom stereocenters. The van der Waals surface area contributed by atoms with Gasteiger partial charge in [0.05, 0.1) is 78.2 Å². The number of carbonyl (C=O) groups is 10. The number of imide groups is 1. The minimum atomic E-state index is -5.20. The minimum absolute atomic E-state index is 0.0123. The molecule has 0 aromatic heterocycles. The van der Waals surface area contributed by atoms with Crippen molar-refractivity contribution in [3.05, 3.63) is 87.0 Å². The van der Waals surface area contributed by atoms with Crippen molar-refractivity contribution in [2.75, 3.05) is 65.6 Å². The second kappa shape index (κ2) is 34.1. The number of thiocarbonyl (C=S) groups is 1. The lowest BCUT2D eigenvalue weighted by Crippen LogP contribution is -2.63. The third-order valence-electron chi connectivity index (χ3n) is 17.3. The number of ketones is 1. The van der Waals surface area contributed by atoms with Crippen LogP contribution >= 0.6 is 23.8 Å². The zero-order chi connectivity index (χ0) is 71.1. The third kappa shape index (κ3) is 20.7. The number of epoxide rings is 1. The van der Waals surface area contributed by atoms with Gasteiger partial charge in [0.2, 0.25) is 11.8 Å². The molecular weight excluding hydrogens is 1310 g/mol. The fraction of sp³-hybridized carbons (Fsp3) is 0.585. The number of aliphatic hydroxyl groups is 1. The van der Waals surface area contributed by atoms with E-state index in [0.717, 1.165) is 35.2 Å². The molecule has 4 aliphatic rings. The molecule has 4 heterocycles. The predicted molar refractivity (Wildman–Crippen MR) is 344 cm³/mol. The number of Topliss-reactive ketones (excluding diaryl/α,β-unsaturated/α-hetero) is 1. The monoisotopic (exact) mass is 1390 g/mol. The van der Waals surface area contributed by atoms with Crippen LogP contribution in [0.2, 0.25) is 5.02 Å². The Labute approximate surface area is 565 Å². The molecule has 0 aliphatic carbocycles. The number of benzene rings is 2. The molecule has 528 valence electrons. The summed E-state index contributed by atoms with van der Waals surface area (Å²) in [5.74, 6) is -8.19. The second-order valence-corrected chi connectivity index (χ2v) is 25.7. The van der Waals surface area contributed by atoms with Crippen LogP contribution in [0.3, 0.4) is 0 Å². The summed E-state index contributed by atoms with van der Waals surface area (Å²) in [5.41, 5.74) is 1.87. The van der Waals surface area contributed by atoms with E-state index in [1.165, 1.54) is 26.0 Å². The molecule has 6 rings (SSSR count). The van der Waals surface area contributed by atoms with E-state index in [4.69, 9.17) is 62.8 Å². The van der Waals surface area contributed by atoms with Crippen LogP contribution in [-0.2, 0) is 85.8 Å². The van der Waals surface area contributed by atoms with Crippen molar-refractivity contribution in [2.45, 2.75) is 167 Å². The number of nitrogens with zero attached hydrogens (tertiary/aromatic N) is 3. The van der Waals surface area contributed by atoms with E-state index in [9.17, 15) is 53.1 Å². The summed E-state index contributed by atoms with van der Waals surface area (Å²) in [6.07, 6.45) is -6.73. The lowest BCUT2D eigenvalue weighted by molar-refractivity contribution is -0.198. The molecule has 3 saturated heterocycles. The van der Waals surface area contributed by atoms with Gasteiger partial charge in [0.25, 0.3) is 17.7 Å². The van der Waals surface area contributed by atoms with Crippen molar-refractivity contribution in [2.24, 2.45) is 23.5 Å². The number of urea groups is 1. The first-order chi connectivity index (χ1) is 45.1. The summed E-state index contributed by atoms with van der Waals surface area (Å²) >= 11 is 12.4. The maximum Gasteiger partial charge on any atom is 0.417 e. The predicted octanol–water partition coefficient (Wildman–Crippen LogP) is 5.80. The highest BCUT2D eigenvalue weighted by Crippen LogP contribution is 2.49. The van der Waals surface area contributed by atoms with Gasteiger partial charge in [-0.2, -0.15) is 13.2 Å². The molecule has 3 fully saturated rings. The first-order valence-electron chi connectivity index (χ1n) is 31.4. The van der Waals surface area contributed by atoms with E-state index in [-0.39, 0.29) is 106 Å². The van der Waals surface area contributed by atoms with E-state index in [1.807, 2.05) is 19.1 Å². The van der Waals surface area contributed by atoms with E-state index in [0.29, 0.717) is 28.8 Å². The Hall–Kier alpha value is -7.61. The summed E-state index contributed by atoms with van der Waals surface area (Å²) in [6, 6.07) is 2.48. The summed E-state index contributed by atoms with van der Waals surface area (Å²) in [6.45, 7) is 12.2. The van der Waals surface area contributed by atoms with Crippen molar-refractivity contribution >= 4 is 93.9 Å². The van der Waals surface area contributed by atoms with Crippen LogP contribution < -0.4 is 31.9 Å². The molecular formula is C65H86ClF3N8O18S. The lowest BCUT2D eigenvalue weighted by Gasteiger charge is -2.42. The lowest BCUT2D eigenvalue weighted by atomic mass is 9.83. The van der Waals surface area contributed by atoms with Gasteiger partial charge in [0.1, 0.15) is 30.0 Å². The van der Waals surface area contributed by atoms with Gasteiger partial charge in [-0.05, 0) is 87.8 Å². The smallest absolute Gasteiger partial charge is 0.417 e. The molecule has 4 aliphatic heterocycles. The molecule has 0 unspecified atom stereocenters. The fourth-order valence-electron chi connectivity index (χ4n) is 11.4. The number of amides is 8.